The fourth-order valence-corrected chi connectivity index (χ4v) is 4.04. The summed E-state index contributed by atoms with van der Waals surface area (Å²) in [6.45, 7) is 2.53. The lowest BCUT2D eigenvalue weighted by Crippen LogP contribution is -2.61. The van der Waals surface area contributed by atoms with Gasteiger partial charge in [-0.2, -0.15) is 0 Å². The minimum Gasteiger partial charge on any atom is -0.321 e. The lowest BCUT2D eigenvalue weighted by molar-refractivity contribution is -0.124. The van der Waals surface area contributed by atoms with Gasteiger partial charge in [0.15, 0.2) is 11.9 Å². The predicted molar refractivity (Wildman–Crippen MR) is 107 cm³/mol. The van der Waals surface area contributed by atoms with E-state index in [1.807, 2.05) is 71.0 Å². The number of nitrogens with zero attached hydrogens (tertiary/aromatic N) is 5. The van der Waals surface area contributed by atoms with Crippen LogP contribution in [-0.2, 0) is 11.3 Å². The lowest BCUT2D eigenvalue weighted by atomic mass is 10.1. The summed E-state index contributed by atoms with van der Waals surface area (Å²) in [5.41, 5.74) is 3.11. The van der Waals surface area contributed by atoms with Crippen LogP contribution in [-0.4, -0.2) is 44.7 Å². The van der Waals surface area contributed by atoms with Crippen molar-refractivity contribution >= 4 is 17.9 Å². The van der Waals surface area contributed by atoms with Crippen LogP contribution in [0.4, 0.5) is 10.7 Å². The van der Waals surface area contributed by atoms with Crippen molar-refractivity contribution in [2.24, 2.45) is 0 Å². The number of aryl methyl sites for hydroxylation is 1. The number of likely N-dealkylation sites (N-methyl/N-ethyl adjacent to an activating group) is 1. The fraction of sp³-hybridized carbons (Fsp3) is 0.238. The maximum absolute atomic E-state index is 12.8. The van der Waals surface area contributed by atoms with Gasteiger partial charge in [-0.3, -0.25) is 14.7 Å². The van der Waals surface area contributed by atoms with Gasteiger partial charge < -0.3 is 9.80 Å². The normalized spacial score (nSPS) is 20.5. The van der Waals surface area contributed by atoms with Crippen LogP contribution in [0.15, 0.2) is 54.6 Å². The van der Waals surface area contributed by atoms with E-state index in [0.29, 0.717) is 18.3 Å². The van der Waals surface area contributed by atoms with Gasteiger partial charge in [-0.25, -0.2) is 4.79 Å². The molecule has 1 aromatic heterocycles. The number of imide groups is 1. The summed E-state index contributed by atoms with van der Waals surface area (Å²) in [4.78, 5) is 28.7. The van der Waals surface area contributed by atoms with Crippen LogP contribution in [0.2, 0.25) is 0 Å². The molecule has 29 heavy (non-hydrogen) atoms. The molecule has 3 aromatic rings. The smallest absolute Gasteiger partial charge is 0.321 e. The topological polar surface area (TPSA) is 83.4 Å². The zero-order chi connectivity index (χ0) is 20.1. The van der Waals surface area contributed by atoms with Gasteiger partial charge >= 0.3 is 6.03 Å². The van der Waals surface area contributed by atoms with E-state index in [9.17, 15) is 9.59 Å². The molecule has 5 rings (SSSR count). The van der Waals surface area contributed by atoms with E-state index in [-0.39, 0.29) is 5.91 Å². The van der Waals surface area contributed by atoms with Crippen LogP contribution < -0.4 is 10.2 Å². The highest BCUT2D eigenvalue weighted by atomic mass is 16.2. The van der Waals surface area contributed by atoms with Gasteiger partial charge in [0.1, 0.15) is 6.17 Å². The van der Waals surface area contributed by atoms with Crippen molar-refractivity contribution in [3.8, 4) is 11.4 Å². The Morgan fingerprint density at radius 1 is 1.00 bits per heavy atom. The first-order valence-electron chi connectivity index (χ1n) is 9.45. The first-order valence-corrected chi connectivity index (χ1v) is 9.45. The van der Waals surface area contributed by atoms with Crippen LogP contribution in [0, 0.1) is 6.92 Å². The van der Waals surface area contributed by atoms with Crippen molar-refractivity contribution in [1.82, 2.24) is 25.0 Å². The number of carbonyl (C=O) groups excluding carboxylic acids is 2. The SMILES string of the molecule is Cc1ccc(CN2c3nnc(-c4ccccc4)n3C3C2C(=O)NC(=O)N3C)cc1. The molecule has 2 aromatic carbocycles. The summed E-state index contributed by atoms with van der Waals surface area (Å²) < 4.78 is 1.89. The molecule has 8 heteroatoms. The Bertz CT molecular complexity index is 1090. The van der Waals surface area contributed by atoms with Crippen molar-refractivity contribution in [3.63, 3.8) is 0 Å². The minimum atomic E-state index is -0.577. The molecular weight excluding hydrogens is 368 g/mol. The van der Waals surface area contributed by atoms with E-state index in [4.69, 9.17) is 0 Å². The molecule has 1 fully saturated rings. The van der Waals surface area contributed by atoms with E-state index < -0.39 is 18.2 Å². The van der Waals surface area contributed by atoms with Crippen molar-refractivity contribution in [2.75, 3.05) is 11.9 Å². The monoisotopic (exact) mass is 388 g/mol. The van der Waals surface area contributed by atoms with E-state index in [1.54, 1.807) is 11.9 Å². The summed E-state index contributed by atoms with van der Waals surface area (Å²) in [6, 6.07) is 16.8. The molecule has 2 aliphatic heterocycles. The standard InChI is InChI=1S/C21H20N6O2/c1-13-8-10-14(11-9-13)12-26-16-18(28)22-21(29)25(2)19(16)27-17(23-24-20(26)27)15-6-4-3-5-7-15/h3-11,16,19H,12H2,1-2H3,(H,22,28,29). The molecule has 146 valence electrons. The Morgan fingerprint density at radius 2 is 1.72 bits per heavy atom. The summed E-state index contributed by atoms with van der Waals surface area (Å²) in [7, 11) is 1.69. The Hall–Kier alpha value is -3.68. The Labute approximate surface area is 167 Å². The number of fused-ring (bicyclic) bond motifs is 3. The molecule has 2 unspecified atom stereocenters. The Balaban J connectivity index is 1.63. The first kappa shape index (κ1) is 17.4. The fourth-order valence-electron chi connectivity index (χ4n) is 4.04. The molecule has 0 spiro atoms. The van der Waals surface area contributed by atoms with Crippen LogP contribution in [0.5, 0.6) is 0 Å². The highest BCUT2D eigenvalue weighted by molar-refractivity contribution is 6.02. The second-order valence-electron chi connectivity index (χ2n) is 7.44. The van der Waals surface area contributed by atoms with E-state index in [2.05, 4.69) is 15.5 Å². The number of urea groups is 1. The van der Waals surface area contributed by atoms with E-state index in [0.717, 1.165) is 11.1 Å². The second-order valence-corrected chi connectivity index (χ2v) is 7.44. The highest BCUT2D eigenvalue weighted by Crippen LogP contribution is 2.41. The summed E-state index contributed by atoms with van der Waals surface area (Å²) in [6.07, 6.45) is -0.512. The first-order chi connectivity index (χ1) is 14.0. The predicted octanol–water partition coefficient (Wildman–Crippen LogP) is 2.32. The Kier molecular flexibility index (Phi) is 3.87. The average molecular weight is 388 g/mol. The molecule has 3 amide bonds. The number of benzene rings is 2. The third-order valence-corrected chi connectivity index (χ3v) is 5.54. The highest BCUT2D eigenvalue weighted by Gasteiger charge is 2.52. The van der Waals surface area contributed by atoms with Gasteiger partial charge in [0, 0.05) is 19.2 Å². The molecule has 1 saturated heterocycles. The molecule has 0 aliphatic carbocycles. The second kappa shape index (κ2) is 6.44. The van der Waals surface area contributed by atoms with Gasteiger partial charge in [0.25, 0.3) is 5.91 Å². The zero-order valence-corrected chi connectivity index (χ0v) is 16.1. The number of anilines is 1. The number of carbonyl (C=O) groups is 2. The van der Waals surface area contributed by atoms with E-state index >= 15 is 0 Å². The van der Waals surface area contributed by atoms with Gasteiger partial charge in [-0.1, -0.05) is 60.2 Å². The third-order valence-electron chi connectivity index (χ3n) is 5.54. The molecule has 3 heterocycles. The summed E-state index contributed by atoms with van der Waals surface area (Å²) >= 11 is 0. The van der Waals surface area contributed by atoms with Crippen molar-refractivity contribution in [2.45, 2.75) is 25.7 Å². The zero-order valence-electron chi connectivity index (χ0n) is 16.1. The largest absolute Gasteiger partial charge is 0.325 e. The summed E-state index contributed by atoms with van der Waals surface area (Å²) in [5.74, 6) is 0.891. The van der Waals surface area contributed by atoms with Crippen LogP contribution in [0.25, 0.3) is 11.4 Å². The number of amides is 3. The molecule has 0 bridgehead atoms. The third kappa shape index (κ3) is 2.67. The number of hydrogen-bond acceptors (Lipinski definition) is 5. The Morgan fingerprint density at radius 3 is 2.45 bits per heavy atom. The van der Waals surface area contributed by atoms with Crippen LogP contribution in [0.3, 0.4) is 0 Å². The summed E-state index contributed by atoms with van der Waals surface area (Å²) in [5, 5.41) is 11.3. The average Bonchev–Trinajstić information content (AvgIpc) is 3.28. The number of nitrogens with one attached hydrogen (secondary N) is 1. The molecule has 8 nitrogen and oxygen atoms in total. The van der Waals surface area contributed by atoms with E-state index in [1.165, 1.54) is 5.56 Å². The molecule has 0 saturated carbocycles. The van der Waals surface area contributed by atoms with Gasteiger partial charge in [-0.05, 0) is 12.5 Å². The maximum Gasteiger partial charge on any atom is 0.325 e. The van der Waals surface area contributed by atoms with Gasteiger partial charge in [0.05, 0.1) is 0 Å². The van der Waals surface area contributed by atoms with Crippen molar-refractivity contribution in [1.29, 1.82) is 0 Å². The lowest BCUT2D eigenvalue weighted by Gasteiger charge is -2.37. The number of rotatable bonds is 3. The van der Waals surface area contributed by atoms with Gasteiger partial charge in [0.2, 0.25) is 5.95 Å². The van der Waals surface area contributed by atoms with Crippen LogP contribution >= 0.6 is 0 Å². The molecule has 2 atom stereocenters. The molecular formula is C21H20N6O2. The van der Waals surface area contributed by atoms with Gasteiger partial charge in [-0.15, -0.1) is 10.2 Å². The molecule has 1 N–H and O–H groups in total. The number of aromatic nitrogens is 3. The van der Waals surface area contributed by atoms with Crippen LogP contribution in [0.1, 0.15) is 17.3 Å². The van der Waals surface area contributed by atoms with Crippen molar-refractivity contribution < 1.29 is 9.59 Å². The minimum absolute atomic E-state index is 0.324. The quantitative estimate of drug-likeness (QED) is 0.745. The molecule has 0 radical (unpaired) electrons. The maximum atomic E-state index is 12.8. The molecule has 2 aliphatic rings. The van der Waals surface area contributed by atoms with Crippen molar-refractivity contribution in [3.05, 3.63) is 65.7 Å². The number of hydrogen-bond donors (Lipinski definition) is 1.